The Balaban J connectivity index is 2.30. The second-order valence-corrected chi connectivity index (χ2v) is 4.39. The van der Waals surface area contributed by atoms with Gasteiger partial charge >= 0.3 is 6.18 Å². The van der Waals surface area contributed by atoms with Crippen LogP contribution in [0.15, 0.2) is 30.6 Å². The zero-order chi connectivity index (χ0) is 15.5. The monoisotopic (exact) mass is 297 g/mol. The van der Waals surface area contributed by atoms with Crippen LogP contribution < -0.4 is 10.2 Å². The van der Waals surface area contributed by atoms with Gasteiger partial charge in [0.25, 0.3) is 0 Å². The van der Waals surface area contributed by atoms with Gasteiger partial charge in [-0.1, -0.05) is 0 Å². The molecule has 2 aromatic heterocycles. The van der Waals surface area contributed by atoms with Crippen molar-refractivity contribution in [2.45, 2.75) is 12.7 Å². The summed E-state index contributed by atoms with van der Waals surface area (Å²) in [6.45, 7) is 0.417. The van der Waals surface area contributed by atoms with Crippen molar-refractivity contribution in [1.82, 2.24) is 15.0 Å². The highest BCUT2D eigenvalue weighted by Crippen LogP contribution is 2.30. The number of hydrogen-bond donors (Lipinski definition) is 1. The van der Waals surface area contributed by atoms with Crippen LogP contribution in [0.1, 0.15) is 11.3 Å². The molecule has 1 N–H and O–H groups in total. The second-order valence-electron chi connectivity index (χ2n) is 4.39. The molecule has 0 saturated heterocycles. The van der Waals surface area contributed by atoms with Crippen molar-refractivity contribution < 1.29 is 13.2 Å². The van der Waals surface area contributed by atoms with Crippen molar-refractivity contribution in [2.75, 3.05) is 24.3 Å². The summed E-state index contributed by atoms with van der Waals surface area (Å²) in [6, 6.07) is 4.52. The zero-order valence-corrected chi connectivity index (χ0v) is 11.5. The third-order valence-electron chi connectivity index (χ3n) is 2.79. The standard InChI is InChI=1S/C13H14F3N5/c1-17-12-19-10(13(14,15)16)7-11(20-12)21(2)8-9-3-5-18-6-4-9/h3-7H,8H2,1-2H3,(H,17,19,20). The number of pyridine rings is 1. The summed E-state index contributed by atoms with van der Waals surface area (Å²) < 4.78 is 38.5. The van der Waals surface area contributed by atoms with Gasteiger partial charge < -0.3 is 10.2 Å². The van der Waals surface area contributed by atoms with Crippen LogP contribution in [-0.2, 0) is 12.7 Å². The molecular weight excluding hydrogens is 283 g/mol. The van der Waals surface area contributed by atoms with Gasteiger partial charge in [0.1, 0.15) is 5.82 Å². The lowest BCUT2D eigenvalue weighted by molar-refractivity contribution is -0.141. The average Bonchev–Trinajstić information content (AvgIpc) is 2.46. The number of halogens is 3. The highest BCUT2D eigenvalue weighted by molar-refractivity contribution is 5.45. The molecule has 112 valence electrons. The van der Waals surface area contributed by atoms with E-state index in [4.69, 9.17) is 0 Å². The first-order chi connectivity index (χ1) is 9.90. The smallest absolute Gasteiger partial charge is 0.357 e. The minimum atomic E-state index is -4.51. The molecule has 0 radical (unpaired) electrons. The fourth-order valence-electron chi connectivity index (χ4n) is 1.73. The van der Waals surface area contributed by atoms with E-state index in [-0.39, 0.29) is 11.8 Å². The van der Waals surface area contributed by atoms with E-state index in [1.54, 1.807) is 36.5 Å². The summed E-state index contributed by atoms with van der Waals surface area (Å²) in [4.78, 5) is 13.0. The van der Waals surface area contributed by atoms with E-state index in [2.05, 4.69) is 20.3 Å². The van der Waals surface area contributed by atoms with Gasteiger partial charge in [0.2, 0.25) is 5.95 Å². The molecule has 2 heterocycles. The van der Waals surface area contributed by atoms with Crippen molar-refractivity contribution >= 4 is 11.8 Å². The van der Waals surface area contributed by atoms with Crippen LogP contribution in [0.3, 0.4) is 0 Å². The maximum absolute atomic E-state index is 12.8. The van der Waals surface area contributed by atoms with Crippen LogP contribution in [0, 0.1) is 0 Å². The summed E-state index contributed by atoms with van der Waals surface area (Å²) in [5.41, 5.74) is -0.0518. The molecule has 0 spiro atoms. The number of alkyl halides is 3. The Morgan fingerprint density at radius 2 is 1.86 bits per heavy atom. The van der Waals surface area contributed by atoms with Gasteiger partial charge in [0.05, 0.1) is 0 Å². The van der Waals surface area contributed by atoms with Gasteiger partial charge in [-0.2, -0.15) is 18.2 Å². The first-order valence-corrected chi connectivity index (χ1v) is 6.14. The SMILES string of the molecule is CNc1nc(N(C)Cc2ccncc2)cc(C(F)(F)F)n1. The predicted molar refractivity (Wildman–Crippen MR) is 72.9 cm³/mol. The van der Waals surface area contributed by atoms with E-state index >= 15 is 0 Å². The molecule has 0 aromatic carbocycles. The number of aromatic nitrogens is 3. The average molecular weight is 297 g/mol. The number of rotatable bonds is 4. The molecule has 0 aliphatic carbocycles. The van der Waals surface area contributed by atoms with Crippen LogP contribution in [0.2, 0.25) is 0 Å². The molecule has 2 aromatic rings. The molecule has 0 aliphatic heterocycles. The van der Waals surface area contributed by atoms with Crippen LogP contribution in [-0.4, -0.2) is 29.0 Å². The lowest BCUT2D eigenvalue weighted by atomic mass is 10.2. The van der Waals surface area contributed by atoms with Gasteiger partial charge in [-0.05, 0) is 17.7 Å². The van der Waals surface area contributed by atoms with Crippen molar-refractivity contribution in [2.24, 2.45) is 0 Å². The van der Waals surface area contributed by atoms with Crippen molar-refractivity contribution in [1.29, 1.82) is 0 Å². The van der Waals surface area contributed by atoms with Crippen LogP contribution >= 0.6 is 0 Å². The van der Waals surface area contributed by atoms with Gasteiger partial charge in [-0.3, -0.25) is 4.98 Å². The lowest BCUT2D eigenvalue weighted by Gasteiger charge is -2.20. The summed E-state index contributed by atoms with van der Waals surface area (Å²) in [5, 5.41) is 2.54. The topological polar surface area (TPSA) is 53.9 Å². The first-order valence-electron chi connectivity index (χ1n) is 6.14. The molecule has 0 atom stereocenters. The third kappa shape index (κ3) is 3.80. The van der Waals surface area contributed by atoms with E-state index in [9.17, 15) is 13.2 Å². The molecule has 5 nitrogen and oxygen atoms in total. The molecule has 0 unspecified atom stereocenters. The van der Waals surface area contributed by atoms with E-state index in [1.807, 2.05) is 0 Å². The summed E-state index contributed by atoms with van der Waals surface area (Å²) in [5.74, 6) is 0.125. The Labute approximate surface area is 119 Å². The van der Waals surface area contributed by atoms with Crippen molar-refractivity contribution in [3.63, 3.8) is 0 Å². The van der Waals surface area contributed by atoms with E-state index in [0.29, 0.717) is 6.54 Å². The molecule has 0 aliphatic rings. The normalized spacial score (nSPS) is 11.3. The Morgan fingerprint density at radius 1 is 1.19 bits per heavy atom. The maximum Gasteiger partial charge on any atom is 0.433 e. The highest BCUT2D eigenvalue weighted by Gasteiger charge is 2.34. The molecular formula is C13H14F3N5. The van der Waals surface area contributed by atoms with Crippen LogP contribution in [0.4, 0.5) is 24.9 Å². The minimum absolute atomic E-state index is 0.0681. The summed E-state index contributed by atoms with van der Waals surface area (Å²) >= 11 is 0. The van der Waals surface area contributed by atoms with E-state index in [0.717, 1.165) is 11.6 Å². The molecule has 0 bridgehead atoms. The number of hydrogen-bond acceptors (Lipinski definition) is 5. The van der Waals surface area contributed by atoms with Gasteiger partial charge in [-0.25, -0.2) is 4.98 Å². The van der Waals surface area contributed by atoms with Crippen molar-refractivity contribution in [3.8, 4) is 0 Å². The molecule has 21 heavy (non-hydrogen) atoms. The van der Waals surface area contributed by atoms with Gasteiger partial charge in [0.15, 0.2) is 5.69 Å². The van der Waals surface area contributed by atoms with Crippen molar-refractivity contribution in [3.05, 3.63) is 41.9 Å². The van der Waals surface area contributed by atoms with Crippen LogP contribution in [0.5, 0.6) is 0 Å². The molecule has 8 heteroatoms. The summed E-state index contributed by atoms with van der Waals surface area (Å²) in [6.07, 6.45) is -1.26. The Bertz CT molecular complexity index is 601. The molecule has 0 amide bonds. The molecule has 0 fully saturated rings. The quantitative estimate of drug-likeness (QED) is 0.940. The van der Waals surface area contributed by atoms with Gasteiger partial charge in [0, 0.05) is 39.1 Å². The first kappa shape index (κ1) is 15.0. The number of nitrogens with zero attached hydrogens (tertiary/aromatic N) is 4. The lowest BCUT2D eigenvalue weighted by Crippen LogP contribution is -2.20. The fraction of sp³-hybridized carbons (Fsp3) is 0.308. The third-order valence-corrected chi connectivity index (χ3v) is 2.79. The molecule has 0 saturated carbocycles. The van der Waals surface area contributed by atoms with E-state index in [1.165, 1.54) is 7.05 Å². The maximum atomic E-state index is 12.8. The largest absolute Gasteiger partial charge is 0.433 e. The fourth-order valence-corrected chi connectivity index (χ4v) is 1.73. The van der Waals surface area contributed by atoms with Crippen LogP contribution in [0.25, 0.3) is 0 Å². The van der Waals surface area contributed by atoms with Gasteiger partial charge in [-0.15, -0.1) is 0 Å². The highest BCUT2D eigenvalue weighted by atomic mass is 19.4. The predicted octanol–water partition coefficient (Wildman–Crippen LogP) is 2.57. The Hall–Kier alpha value is -2.38. The summed E-state index contributed by atoms with van der Waals surface area (Å²) in [7, 11) is 3.14. The molecule has 2 rings (SSSR count). The minimum Gasteiger partial charge on any atom is -0.357 e. The second kappa shape index (κ2) is 5.94. The Kier molecular flexibility index (Phi) is 4.25. The number of nitrogens with one attached hydrogen (secondary N) is 1. The van der Waals surface area contributed by atoms with E-state index < -0.39 is 11.9 Å². The number of anilines is 2. The Morgan fingerprint density at radius 3 is 2.43 bits per heavy atom. The zero-order valence-electron chi connectivity index (χ0n) is 11.5.